The highest BCUT2D eigenvalue weighted by Gasteiger charge is 2.09. The van der Waals surface area contributed by atoms with E-state index in [2.05, 4.69) is 18.9 Å². The summed E-state index contributed by atoms with van der Waals surface area (Å²) in [7, 11) is 0. The molecule has 4 nitrogen and oxygen atoms in total. The summed E-state index contributed by atoms with van der Waals surface area (Å²) in [5.41, 5.74) is 2.14. The lowest BCUT2D eigenvalue weighted by Gasteiger charge is -2.09. The van der Waals surface area contributed by atoms with Gasteiger partial charge in [0.15, 0.2) is 0 Å². The number of nitrogens with zero attached hydrogens (tertiary/aromatic N) is 2. The predicted molar refractivity (Wildman–Crippen MR) is 54.1 cm³/mol. The molecule has 0 spiro atoms. The summed E-state index contributed by atoms with van der Waals surface area (Å²) in [5, 5.41) is 22.4. The summed E-state index contributed by atoms with van der Waals surface area (Å²) in [5.74, 6) is 0. The van der Waals surface area contributed by atoms with Crippen molar-refractivity contribution in [3.05, 3.63) is 17.5 Å². The molecule has 0 bridgehead atoms. The summed E-state index contributed by atoms with van der Waals surface area (Å²) >= 11 is 0. The van der Waals surface area contributed by atoms with Crippen molar-refractivity contribution in [2.24, 2.45) is 0 Å². The highest BCUT2D eigenvalue weighted by molar-refractivity contribution is 5.10. The normalized spacial score (nSPS) is 13.1. The first-order valence-corrected chi connectivity index (χ1v) is 5.05. The summed E-state index contributed by atoms with van der Waals surface area (Å²) in [6.07, 6.45) is 1.07. The van der Waals surface area contributed by atoms with Crippen molar-refractivity contribution in [3.63, 3.8) is 0 Å². The summed E-state index contributed by atoms with van der Waals surface area (Å²) in [6, 6.07) is 2.05. The van der Waals surface area contributed by atoms with E-state index in [9.17, 15) is 5.11 Å². The average molecular weight is 198 g/mol. The Balaban J connectivity index is 2.78. The molecule has 1 heterocycles. The highest BCUT2D eigenvalue weighted by atomic mass is 16.3. The molecule has 0 fully saturated rings. The predicted octanol–water partition coefficient (Wildman–Crippen LogP) is 0.361. The van der Waals surface area contributed by atoms with Gasteiger partial charge in [-0.1, -0.05) is 13.8 Å². The Labute approximate surface area is 84.2 Å². The van der Waals surface area contributed by atoms with Crippen LogP contribution in [0.15, 0.2) is 6.07 Å². The smallest absolute Gasteiger partial charge is 0.0966 e. The van der Waals surface area contributed by atoms with Crippen LogP contribution in [0.4, 0.5) is 0 Å². The van der Waals surface area contributed by atoms with Gasteiger partial charge in [0, 0.05) is 5.69 Å². The van der Waals surface area contributed by atoms with Crippen molar-refractivity contribution < 1.29 is 10.2 Å². The van der Waals surface area contributed by atoms with Crippen molar-refractivity contribution in [2.45, 2.75) is 39.3 Å². The Morgan fingerprint density at radius 2 is 2.14 bits per heavy atom. The monoisotopic (exact) mass is 198 g/mol. The van der Waals surface area contributed by atoms with Crippen molar-refractivity contribution in [2.75, 3.05) is 6.61 Å². The molecule has 0 saturated heterocycles. The molecule has 80 valence electrons. The molecule has 1 unspecified atom stereocenters. The Morgan fingerprint density at radius 3 is 2.64 bits per heavy atom. The lowest BCUT2D eigenvalue weighted by Crippen LogP contribution is -2.21. The minimum Gasteiger partial charge on any atom is -0.394 e. The molecule has 14 heavy (non-hydrogen) atoms. The lowest BCUT2D eigenvalue weighted by molar-refractivity contribution is 0.0775. The second-order valence-electron chi connectivity index (χ2n) is 3.35. The number of hydrogen-bond acceptors (Lipinski definition) is 3. The Morgan fingerprint density at radius 1 is 1.43 bits per heavy atom. The van der Waals surface area contributed by atoms with Gasteiger partial charge in [-0.25, -0.2) is 0 Å². The van der Waals surface area contributed by atoms with Crippen LogP contribution >= 0.6 is 0 Å². The van der Waals surface area contributed by atoms with Crippen LogP contribution in [0.2, 0.25) is 0 Å². The number of rotatable bonds is 5. The van der Waals surface area contributed by atoms with Crippen LogP contribution in [0.1, 0.15) is 25.2 Å². The van der Waals surface area contributed by atoms with E-state index in [1.54, 1.807) is 4.68 Å². The average Bonchev–Trinajstić information content (AvgIpc) is 2.60. The van der Waals surface area contributed by atoms with Crippen molar-refractivity contribution >= 4 is 0 Å². The fourth-order valence-corrected chi connectivity index (χ4v) is 1.39. The largest absolute Gasteiger partial charge is 0.394 e. The van der Waals surface area contributed by atoms with Crippen molar-refractivity contribution in [1.29, 1.82) is 0 Å². The SMILES string of the molecule is CCc1cc(CC)n(CC(O)CO)n1. The molecule has 1 aromatic heterocycles. The topological polar surface area (TPSA) is 58.3 Å². The fraction of sp³-hybridized carbons (Fsp3) is 0.700. The van der Waals surface area contributed by atoms with Gasteiger partial charge in [-0.3, -0.25) is 4.68 Å². The molecule has 4 heteroatoms. The van der Waals surface area contributed by atoms with Gasteiger partial charge in [0.1, 0.15) is 0 Å². The van der Waals surface area contributed by atoms with Crippen LogP contribution in [-0.2, 0) is 19.4 Å². The van der Waals surface area contributed by atoms with E-state index in [1.165, 1.54) is 0 Å². The molecule has 0 aliphatic rings. The van der Waals surface area contributed by atoms with Gasteiger partial charge in [0.25, 0.3) is 0 Å². The molecule has 2 N–H and O–H groups in total. The van der Waals surface area contributed by atoms with Crippen molar-refractivity contribution in [1.82, 2.24) is 9.78 Å². The quantitative estimate of drug-likeness (QED) is 0.718. The summed E-state index contributed by atoms with van der Waals surface area (Å²) < 4.78 is 1.78. The lowest BCUT2D eigenvalue weighted by atomic mass is 10.2. The van der Waals surface area contributed by atoms with Crippen LogP contribution in [0.5, 0.6) is 0 Å². The second kappa shape index (κ2) is 5.12. The van der Waals surface area contributed by atoms with Crippen molar-refractivity contribution in [3.8, 4) is 0 Å². The maximum absolute atomic E-state index is 9.30. The van der Waals surface area contributed by atoms with Gasteiger partial charge < -0.3 is 10.2 Å². The number of hydrogen-bond donors (Lipinski definition) is 2. The third-order valence-electron chi connectivity index (χ3n) is 2.23. The Kier molecular flexibility index (Phi) is 4.10. The van der Waals surface area contributed by atoms with Gasteiger partial charge in [0.2, 0.25) is 0 Å². The van der Waals surface area contributed by atoms with E-state index in [0.29, 0.717) is 6.54 Å². The molecule has 1 aromatic rings. The third-order valence-corrected chi connectivity index (χ3v) is 2.23. The molecule has 0 radical (unpaired) electrons. The molecule has 0 aliphatic heterocycles. The van der Waals surface area contributed by atoms with E-state index < -0.39 is 6.10 Å². The zero-order valence-corrected chi connectivity index (χ0v) is 8.77. The van der Waals surface area contributed by atoms with Crippen LogP contribution < -0.4 is 0 Å². The van der Waals surface area contributed by atoms with Crippen LogP contribution in [0, 0.1) is 0 Å². The molecule has 0 aromatic carbocycles. The molecule has 1 atom stereocenters. The maximum Gasteiger partial charge on any atom is 0.0966 e. The Hall–Kier alpha value is -0.870. The van der Waals surface area contributed by atoms with Crippen LogP contribution in [-0.4, -0.2) is 32.7 Å². The zero-order chi connectivity index (χ0) is 10.6. The molecule has 1 rings (SSSR count). The highest BCUT2D eigenvalue weighted by Crippen LogP contribution is 2.07. The minimum absolute atomic E-state index is 0.218. The molecule has 0 aliphatic carbocycles. The molecule has 0 amide bonds. The summed E-state index contributed by atoms with van der Waals surface area (Å²) in [6.45, 7) is 4.26. The second-order valence-corrected chi connectivity index (χ2v) is 3.35. The first-order chi connectivity index (χ1) is 6.71. The zero-order valence-electron chi connectivity index (χ0n) is 8.77. The third kappa shape index (κ3) is 2.56. The number of aliphatic hydroxyl groups excluding tert-OH is 2. The first-order valence-electron chi connectivity index (χ1n) is 5.05. The number of aromatic nitrogens is 2. The first kappa shape index (κ1) is 11.2. The number of aryl methyl sites for hydroxylation is 2. The minimum atomic E-state index is -0.718. The van der Waals surface area contributed by atoms with Crippen LogP contribution in [0.25, 0.3) is 0 Å². The van der Waals surface area contributed by atoms with Gasteiger partial charge in [-0.15, -0.1) is 0 Å². The van der Waals surface area contributed by atoms with E-state index in [-0.39, 0.29) is 6.61 Å². The van der Waals surface area contributed by atoms with Crippen LogP contribution in [0.3, 0.4) is 0 Å². The maximum atomic E-state index is 9.30. The Bertz CT molecular complexity index is 284. The standard InChI is InChI=1S/C10H18N2O2/c1-3-8-5-9(4-2)12(11-8)6-10(14)7-13/h5,10,13-14H,3-4,6-7H2,1-2H3. The van der Waals surface area contributed by atoms with Gasteiger partial charge in [-0.05, 0) is 18.9 Å². The fourth-order valence-electron chi connectivity index (χ4n) is 1.39. The summed E-state index contributed by atoms with van der Waals surface area (Å²) in [4.78, 5) is 0. The van der Waals surface area contributed by atoms with E-state index in [4.69, 9.17) is 5.11 Å². The van der Waals surface area contributed by atoms with Gasteiger partial charge in [-0.2, -0.15) is 5.10 Å². The van der Waals surface area contributed by atoms with Gasteiger partial charge >= 0.3 is 0 Å². The van der Waals surface area contributed by atoms with E-state index >= 15 is 0 Å². The molecular weight excluding hydrogens is 180 g/mol. The van der Waals surface area contributed by atoms with Gasteiger partial charge in [0.05, 0.1) is 24.9 Å². The molecular formula is C10H18N2O2. The van der Waals surface area contributed by atoms with E-state index in [1.807, 2.05) is 6.07 Å². The number of aliphatic hydroxyl groups is 2. The van der Waals surface area contributed by atoms with E-state index in [0.717, 1.165) is 24.2 Å². The molecule has 0 saturated carbocycles.